The topological polar surface area (TPSA) is 48.9 Å². The van der Waals surface area contributed by atoms with Crippen molar-refractivity contribution in [2.24, 2.45) is 4.99 Å². The number of nitrogens with zero attached hydrogens (tertiary/aromatic N) is 2. The average Bonchev–Trinajstić information content (AvgIpc) is 3.21. The van der Waals surface area contributed by atoms with Crippen molar-refractivity contribution >= 4 is 35.6 Å². The molecule has 0 amide bonds. The van der Waals surface area contributed by atoms with E-state index in [4.69, 9.17) is 4.74 Å². The maximum absolute atomic E-state index is 5.92. The van der Waals surface area contributed by atoms with Crippen LogP contribution in [0.1, 0.15) is 36.8 Å². The standard InChI is InChI=1S/C19H28N4O.HI/c1-20-19(22-16-11-15-6-8-18(16)24-15)21-12-13-5-7-17-14(10-13)4-3-9-23(17)2;/h5,7,10,15-16,18H,3-4,6,8-9,11-12H2,1-2H3,(H2,20,21,22);1H. The molecular weight excluding hydrogens is 427 g/mol. The van der Waals surface area contributed by atoms with Crippen LogP contribution < -0.4 is 15.5 Å². The third-order valence-corrected chi connectivity index (χ3v) is 5.61. The van der Waals surface area contributed by atoms with Crippen LogP contribution in [0.25, 0.3) is 0 Å². The largest absolute Gasteiger partial charge is 0.374 e. The number of halogens is 1. The second-order valence-electron chi connectivity index (χ2n) is 7.27. The Balaban J connectivity index is 0.00000182. The van der Waals surface area contributed by atoms with Crippen LogP contribution in [0.5, 0.6) is 0 Å². The van der Waals surface area contributed by atoms with Crippen LogP contribution in [-0.4, -0.2) is 44.8 Å². The predicted molar refractivity (Wildman–Crippen MR) is 113 cm³/mol. The minimum atomic E-state index is 0. The first-order valence-corrected chi connectivity index (χ1v) is 9.18. The third kappa shape index (κ3) is 4.05. The minimum Gasteiger partial charge on any atom is -0.374 e. The Morgan fingerprint density at radius 1 is 1.36 bits per heavy atom. The second-order valence-corrected chi connectivity index (χ2v) is 7.27. The molecule has 0 aliphatic carbocycles. The van der Waals surface area contributed by atoms with Gasteiger partial charge in [-0.25, -0.2) is 0 Å². The lowest BCUT2D eigenvalue weighted by atomic mass is 9.96. The monoisotopic (exact) mass is 456 g/mol. The van der Waals surface area contributed by atoms with Crippen LogP contribution in [0.4, 0.5) is 5.69 Å². The summed E-state index contributed by atoms with van der Waals surface area (Å²) in [6.45, 7) is 1.96. The molecule has 3 aliphatic rings. The quantitative estimate of drug-likeness (QED) is 0.417. The number of anilines is 1. The number of aryl methyl sites for hydroxylation is 1. The third-order valence-electron chi connectivity index (χ3n) is 5.61. The maximum Gasteiger partial charge on any atom is 0.191 e. The van der Waals surface area contributed by atoms with E-state index in [0.29, 0.717) is 18.2 Å². The molecule has 2 bridgehead atoms. The van der Waals surface area contributed by atoms with E-state index >= 15 is 0 Å². The van der Waals surface area contributed by atoms with Crippen LogP contribution >= 0.6 is 24.0 Å². The zero-order valence-electron chi connectivity index (χ0n) is 15.1. The van der Waals surface area contributed by atoms with Gasteiger partial charge in [0.2, 0.25) is 0 Å². The van der Waals surface area contributed by atoms with E-state index in [1.807, 2.05) is 7.05 Å². The second kappa shape index (κ2) is 8.12. The van der Waals surface area contributed by atoms with Crippen molar-refractivity contribution in [1.29, 1.82) is 0 Å². The molecule has 0 spiro atoms. The number of ether oxygens (including phenoxy) is 1. The van der Waals surface area contributed by atoms with E-state index in [9.17, 15) is 0 Å². The number of guanidine groups is 1. The van der Waals surface area contributed by atoms with E-state index < -0.39 is 0 Å². The number of benzene rings is 1. The molecule has 6 heteroatoms. The smallest absolute Gasteiger partial charge is 0.191 e. The minimum absolute atomic E-state index is 0. The first kappa shape index (κ1) is 18.8. The van der Waals surface area contributed by atoms with Gasteiger partial charge in [0.25, 0.3) is 0 Å². The number of rotatable bonds is 3. The van der Waals surface area contributed by atoms with Crippen molar-refractivity contribution in [2.45, 2.75) is 56.9 Å². The first-order chi connectivity index (χ1) is 11.7. The molecule has 0 saturated carbocycles. The Morgan fingerprint density at radius 2 is 2.24 bits per heavy atom. The number of nitrogens with one attached hydrogen (secondary N) is 2. The molecule has 3 aliphatic heterocycles. The van der Waals surface area contributed by atoms with E-state index in [0.717, 1.165) is 25.5 Å². The van der Waals surface area contributed by atoms with Crippen LogP contribution in [0.15, 0.2) is 23.2 Å². The fourth-order valence-corrected chi connectivity index (χ4v) is 4.29. The summed E-state index contributed by atoms with van der Waals surface area (Å²) >= 11 is 0. The molecule has 1 aromatic rings. The molecule has 5 nitrogen and oxygen atoms in total. The summed E-state index contributed by atoms with van der Waals surface area (Å²) in [6.07, 6.45) is 6.76. The van der Waals surface area contributed by atoms with E-state index in [2.05, 4.69) is 45.8 Å². The molecule has 2 saturated heterocycles. The Morgan fingerprint density at radius 3 is 2.96 bits per heavy atom. The van der Waals surface area contributed by atoms with Gasteiger partial charge in [-0.3, -0.25) is 4.99 Å². The zero-order valence-corrected chi connectivity index (χ0v) is 17.5. The number of hydrogen-bond donors (Lipinski definition) is 2. The molecule has 2 N–H and O–H groups in total. The highest BCUT2D eigenvalue weighted by Gasteiger charge is 2.41. The van der Waals surface area contributed by atoms with Gasteiger partial charge in [0.15, 0.2) is 5.96 Å². The van der Waals surface area contributed by atoms with Crippen molar-refractivity contribution in [3.8, 4) is 0 Å². The summed E-state index contributed by atoms with van der Waals surface area (Å²) in [6, 6.07) is 7.23. The lowest BCUT2D eigenvalue weighted by Crippen LogP contribution is -2.47. The van der Waals surface area contributed by atoms with Gasteiger partial charge < -0.3 is 20.3 Å². The highest BCUT2D eigenvalue weighted by molar-refractivity contribution is 14.0. The summed E-state index contributed by atoms with van der Waals surface area (Å²) < 4.78 is 5.92. The number of fused-ring (bicyclic) bond motifs is 3. The molecular formula is C19H29IN4O. The van der Waals surface area contributed by atoms with E-state index in [1.54, 1.807) is 0 Å². The molecule has 3 heterocycles. The molecule has 3 unspecified atom stereocenters. The summed E-state index contributed by atoms with van der Waals surface area (Å²) in [4.78, 5) is 6.73. The predicted octanol–water partition coefficient (Wildman–Crippen LogP) is 2.67. The van der Waals surface area contributed by atoms with E-state index in [1.165, 1.54) is 42.5 Å². The van der Waals surface area contributed by atoms with Gasteiger partial charge in [-0.2, -0.15) is 0 Å². The Bertz CT molecular complexity index is 636. The SMILES string of the molecule is CN=C(NCc1ccc2c(c1)CCCN2C)NC1CC2CCC1O2.I. The molecule has 3 atom stereocenters. The van der Waals surface area contributed by atoms with Gasteiger partial charge in [-0.15, -0.1) is 24.0 Å². The Labute approximate surface area is 167 Å². The lowest BCUT2D eigenvalue weighted by Gasteiger charge is -2.28. The summed E-state index contributed by atoms with van der Waals surface area (Å²) in [5.74, 6) is 0.881. The number of aliphatic imine (C=N–C) groups is 1. The maximum atomic E-state index is 5.92. The lowest BCUT2D eigenvalue weighted by molar-refractivity contribution is 0.0992. The molecule has 25 heavy (non-hydrogen) atoms. The van der Waals surface area contributed by atoms with Gasteiger partial charge in [0, 0.05) is 32.9 Å². The van der Waals surface area contributed by atoms with Gasteiger partial charge in [-0.1, -0.05) is 12.1 Å². The molecule has 0 radical (unpaired) electrons. The van der Waals surface area contributed by atoms with Crippen LogP contribution in [0.3, 0.4) is 0 Å². The molecule has 4 rings (SSSR count). The van der Waals surface area contributed by atoms with Crippen molar-refractivity contribution in [3.63, 3.8) is 0 Å². The normalized spacial score (nSPS) is 27.7. The van der Waals surface area contributed by atoms with Crippen molar-refractivity contribution in [3.05, 3.63) is 29.3 Å². The fraction of sp³-hybridized carbons (Fsp3) is 0.632. The molecule has 2 fully saturated rings. The van der Waals surface area contributed by atoms with Gasteiger partial charge >= 0.3 is 0 Å². The van der Waals surface area contributed by atoms with Crippen LogP contribution in [-0.2, 0) is 17.7 Å². The Kier molecular flexibility index (Phi) is 6.09. The first-order valence-electron chi connectivity index (χ1n) is 9.18. The summed E-state index contributed by atoms with van der Waals surface area (Å²) in [5, 5.41) is 7.00. The van der Waals surface area contributed by atoms with Gasteiger partial charge in [-0.05, 0) is 49.3 Å². The zero-order chi connectivity index (χ0) is 16.5. The van der Waals surface area contributed by atoms with Crippen molar-refractivity contribution < 1.29 is 4.74 Å². The molecule has 0 aromatic heterocycles. The summed E-state index contributed by atoms with van der Waals surface area (Å²) in [5.41, 5.74) is 4.16. The average molecular weight is 456 g/mol. The van der Waals surface area contributed by atoms with Crippen molar-refractivity contribution in [2.75, 3.05) is 25.5 Å². The molecule has 1 aromatic carbocycles. The van der Waals surface area contributed by atoms with Crippen LogP contribution in [0.2, 0.25) is 0 Å². The number of hydrogen-bond acceptors (Lipinski definition) is 3. The Hall–Kier alpha value is -1.02. The van der Waals surface area contributed by atoms with E-state index in [-0.39, 0.29) is 24.0 Å². The fourth-order valence-electron chi connectivity index (χ4n) is 4.29. The van der Waals surface area contributed by atoms with Crippen LogP contribution in [0, 0.1) is 0 Å². The highest BCUT2D eigenvalue weighted by atomic mass is 127. The van der Waals surface area contributed by atoms with Gasteiger partial charge in [0.1, 0.15) is 0 Å². The summed E-state index contributed by atoms with van der Waals surface area (Å²) in [7, 11) is 4.02. The molecule has 138 valence electrons. The highest BCUT2D eigenvalue weighted by Crippen LogP contribution is 2.34. The van der Waals surface area contributed by atoms with Crippen molar-refractivity contribution in [1.82, 2.24) is 10.6 Å². The van der Waals surface area contributed by atoms with Gasteiger partial charge in [0.05, 0.1) is 18.2 Å².